The summed E-state index contributed by atoms with van der Waals surface area (Å²) in [6, 6.07) is 3.58. The molecule has 1 aliphatic rings. The SMILES string of the molecule is CCN1c2cccc(C(F)(F)F)c2CC1C(C)(C)C(=O)O. The van der Waals surface area contributed by atoms with E-state index in [1.165, 1.54) is 6.07 Å². The van der Waals surface area contributed by atoms with Crippen LogP contribution in [0.15, 0.2) is 18.2 Å². The van der Waals surface area contributed by atoms with E-state index in [9.17, 15) is 23.1 Å². The maximum absolute atomic E-state index is 13.1. The number of rotatable bonds is 3. The number of carboxylic acids is 1. The van der Waals surface area contributed by atoms with Crippen molar-refractivity contribution in [1.82, 2.24) is 0 Å². The Hall–Kier alpha value is -1.72. The molecule has 1 N–H and O–H groups in total. The molecule has 1 atom stereocenters. The number of carbonyl (C=O) groups is 1. The zero-order chi connectivity index (χ0) is 16.0. The van der Waals surface area contributed by atoms with Gasteiger partial charge in [-0.2, -0.15) is 13.2 Å². The number of benzene rings is 1. The van der Waals surface area contributed by atoms with Crippen molar-refractivity contribution >= 4 is 11.7 Å². The van der Waals surface area contributed by atoms with E-state index < -0.39 is 29.2 Å². The topological polar surface area (TPSA) is 40.5 Å². The van der Waals surface area contributed by atoms with E-state index in [0.717, 1.165) is 6.07 Å². The van der Waals surface area contributed by atoms with E-state index in [1.807, 2.05) is 6.92 Å². The van der Waals surface area contributed by atoms with Gasteiger partial charge in [-0.15, -0.1) is 0 Å². The van der Waals surface area contributed by atoms with Gasteiger partial charge in [0.25, 0.3) is 0 Å². The van der Waals surface area contributed by atoms with E-state index in [4.69, 9.17) is 0 Å². The lowest BCUT2D eigenvalue weighted by Gasteiger charge is -2.35. The van der Waals surface area contributed by atoms with Gasteiger partial charge in [-0.25, -0.2) is 0 Å². The largest absolute Gasteiger partial charge is 0.481 e. The summed E-state index contributed by atoms with van der Waals surface area (Å²) >= 11 is 0. The van der Waals surface area contributed by atoms with Crippen LogP contribution in [0, 0.1) is 5.41 Å². The quantitative estimate of drug-likeness (QED) is 0.928. The first kappa shape index (κ1) is 15.7. The molecule has 0 amide bonds. The van der Waals surface area contributed by atoms with Crippen LogP contribution in [-0.4, -0.2) is 23.7 Å². The van der Waals surface area contributed by atoms with Crippen molar-refractivity contribution in [2.45, 2.75) is 39.4 Å². The fourth-order valence-electron chi connectivity index (χ4n) is 2.97. The summed E-state index contributed by atoms with van der Waals surface area (Å²) in [5.41, 5.74) is -1.10. The smallest absolute Gasteiger partial charge is 0.416 e. The lowest BCUT2D eigenvalue weighted by Crippen LogP contribution is -2.47. The van der Waals surface area contributed by atoms with E-state index in [-0.39, 0.29) is 12.0 Å². The minimum absolute atomic E-state index is 0.0954. The normalized spacial score (nSPS) is 18.8. The van der Waals surface area contributed by atoms with Crippen LogP contribution in [0.25, 0.3) is 0 Å². The molecule has 0 saturated heterocycles. The van der Waals surface area contributed by atoms with Crippen LogP contribution in [0.4, 0.5) is 18.9 Å². The number of halogens is 3. The van der Waals surface area contributed by atoms with Crippen LogP contribution in [0.1, 0.15) is 31.9 Å². The molecule has 3 nitrogen and oxygen atoms in total. The lowest BCUT2D eigenvalue weighted by atomic mass is 9.82. The Morgan fingerprint density at radius 2 is 2.00 bits per heavy atom. The summed E-state index contributed by atoms with van der Waals surface area (Å²) in [6.45, 7) is 5.40. The third-order valence-electron chi connectivity index (χ3n) is 4.26. The van der Waals surface area contributed by atoms with Gasteiger partial charge < -0.3 is 10.0 Å². The van der Waals surface area contributed by atoms with Crippen molar-refractivity contribution in [3.05, 3.63) is 29.3 Å². The van der Waals surface area contributed by atoms with Gasteiger partial charge >= 0.3 is 12.1 Å². The van der Waals surface area contributed by atoms with Crippen molar-refractivity contribution in [2.24, 2.45) is 5.41 Å². The zero-order valence-electron chi connectivity index (χ0n) is 12.2. The molecule has 1 aromatic carbocycles. The number of nitrogens with zero attached hydrogens (tertiary/aromatic N) is 1. The number of likely N-dealkylation sites (N-methyl/N-ethyl adjacent to an activating group) is 1. The Balaban J connectivity index is 2.53. The van der Waals surface area contributed by atoms with Gasteiger partial charge in [-0.1, -0.05) is 6.07 Å². The van der Waals surface area contributed by atoms with Crippen molar-refractivity contribution in [1.29, 1.82) is 0 Å². The van der Waals surface area contributed by atoms with Crippen molar-refractivity contribution < 1.29 is 23.1 Å². The molecule has 0 fully saturated rings. The Morgan fingerprint density at radius 3 is 2.48 bits per heavy atom. The fraction of sp³-hybridized carbons (Fsp3) is 0.533. The van der Waals surface area contributed by atoms with Crippen molar-refractivity contribution in [3.8, 4) is 0 Å². The second-order valence-corrected chi connectivity index (χ2v) is 5.83. The molecular weight excluding hydrogens is 283 g/mol. The number of carboxylic acid groups (broad SMARTS) is 1. The predicted molar refractivity (Wildman–Crippen MR) is 73.4 cm³/mol. The number of hydrogen-bond donors (Lipinski definition) is 1. The highest BCUT2D eigenvalue weighted by Gasteiger charge is 2.47. The minimum Gasteiger partial charge on any atom is -0.481 e. The molecule has 0 aliphatic carbocycles. The lowest BCUT2D eigenvalue weighted by molar-refractivity contribution is -0.148. The fourth-order valence-corrected chi connectivity index (χ4v) is 2.97. The van der Waals surface area contributed by atoms with Crippen LogP contribution in [0.2, 0.25) is 0 Å². The summed E-state index contributed by atoms with van der Waals surface area (Å²) < 4.78 is 39.4. The van der Waals surface area contributed by atoms with Crippen molar-refractivity contribution in [2.75, 3.05) is 11.4 Å². The Bertz CT molecular complexity index is 567. The molecule has 21 heavy (non-hydrogen) atoms. The molecule has 0 radical (unpaired) electrons. The highest BCUT2D eigenvalue weighted by atomic mass is 19.4. The molecule has 0 spiro atoms. The zero-order valence-corrected chi connectivity index (χ0v) is 12.2. The molecule has 0 aromatic heterocycles. The van der Waals surface area contributed by atoms with E-state index in [2.05, 4.69) is 0 Å². The standard InChI is InChI=1S/C15H18F3NO2/c1-4-19-11-7-5-6-10(15(16,17)18)9(11)8-12(19)14(2,3)13(20)21/h5-7,12H,4,8H2,1-3H3,(H,20,21). The molecule has 2 rings (SSSR count). The maximum atomic E-state index is 13.1. The third-order valence-corrected chi connectivity index (χ3v) is 4.26. The number of aliphatic carboxylic acids is 1. The van der Waals surface area contributed by atoms with Crippen LogP contribution >= 0.6 is 0 Å². The number of anilines is 1. The molecule has 6 heteroatoms. The second kappa shape index (κ2) is 4.93. The Labute approximate surface area is 121 Å². The summed E-state index contributed by atoms with van der Waals surface area (Å²) in [5.74, 6) is -1.01. The summed E-state index contributed by atoms with van der Waals surface area (Å²) in [5, 5.41) is 9.37. The van der Waals surface area contributed by atoms with Crippen molar-refractivity contribution in [3.63, 3.8) is 0 Å². The number of alkyl halides is 3. The van der Waals surface area contributed by atoms with Gasteiger partial charge in [0, 0.05) is 18.3 Å². The van der Waals surface area contributed by atoms with Gasteiger partial charge in [-0.05, 0) is 44.9 Å². The summed E-state index contributed by atoms with van der Waals surface area (Å²) in [4.78, 5) is 13.2. The van der Waals surface area contributed by atoms with Crippen LogP contribution < -0.4 is 4.90 Å². The monoisotopic (exact) mass is 301 g/mol. The van der Waals surface area contributed by atoms with E-state index in [0.29, 0.717) is 12.2 Å². The molecule has 1 aromatic rings. The first-order chi connectivity index (χ1) is 9.60. The van der Waals surface area contributed by atoms with Gasteiger partial charge in [0.05, 0.1) is 11.0 Å². The number of hydrogen-bond acceptors (Lipinski definition) is 2. The maximum Gasteiger partial charge on any atom is 0.416 e. The molecule has 0 bridgehead atoms. The molecule has 1 aliphatic heterocycles. The molecule has 0 saturated carbocycles. The number of fused-ring (bicyclic) bond motifs is 1. The third kappa shape index (κ3) is 2.47. The van der Waals surface area contributed by atoms with Gasteiger partial charge in [0.2, 0.25) is 0 Å². The van der Waals surface area contributed by atoms with Crippen LogP contribution in [0.5, 0.6) is 0 Å². The Morgan fingerprint density at radius 1 is 1.38 bits per heavy atom. The molecule has 116 valence electrons. The second-order valence-electron chi connectivity index (χ2n) is 5.83. The van der Waals surface area contributed by atoms with E-state index >= 15 is 0 Å². The highest BCUT2D eigenvalue weighted by molar-refractivity contribution is 5.77. The molecular formula is C15H18F3NO2. The average Bonchev–Trinajstić information content (AvgIpc) is 2.75. The van der Waals surface area contributed by atoms with Crippen LogP contribution in [0.3, 0.4) is 0 Å². The Kier molecular flexibility index (Phi) is 3.68. The average molecular weight is 301 g/mol. The van der Waals surface area contributed by atoms with Gasteiger partial charge in [-0.3, -0.25) is 4.79 Å². The van der Waals surface area contributed by atoms with Gasteiger partial charge in [0.1, 0.15) is 0 Å². The highest BCUT2D eigenvalue weighted by Crippen LogP contribution is 2.45. The predicted octanol–water partition coefficient (Wildman–Crippen LogP) is 3.57. The first-order valence-corrected chi connectivity index (χ1v) is 6.79. The van der Waals surface area contributed by atoms with Gasteiger partial charge in [0.15, 0.2) is 0 Å². The van der Waals surface area contributed by atoms with E-state index in [1.54, 1.807) is 24.8 Å². The molecule has 1 heterocycles. The summed E-state index contributed by atoms with van der Waals surface area (Å²) in [6.07, 6.45) is -4.33. The summed E-state index contributed by atoms with van der Waals surface area (Å²) in [7, 11) is 0. The molecule has 1 unspecified atom stereocenters. The van der Waals surface area contributed by atoms with Crippen LogP contribution in [-0.2, 0) is 17.4 Å². The minimum atomic E-state index is -4.42. The first-order valence-electron chi connectivity index (χ1n) is 6.79.